The van der Waals surface area contributed by atoms with Gasteiger partial charge in [-0.25, -0.2) is 0 Å². The molecule has 5 heteroatoms. The average molecular weight is 292 g/mol. The number of carbonyl (C=O) groups is 2. The van der Waals surface area contributed by atoms with Crippen molar-refractivity contribution in [2.45, 2.75) is 50.6 Å². The van der Waals surface area contributed by atoms with Crippen LogP contribution in [0.4, 0.5) is 0 Å². The fourth-order valence-corrected chi connectivity index (χ4v) is 3.98. The molecule has 1 aromatic rings. The molecule has 2 fully saturated rings. The average Bonchev–Trinajstić information content (AvgIpc) is 2.93. The Morgan fingerprint density at radius 3 is 2.75 bits per heavy atom. The monoisotopic (exact) mass is 292 g/mol. The highest BCUT2D eigenvalue weighted by atomic mass is 32.1. The van der Waals surface area contributed by atoms with Gasteiger partial charge in [-0.05, 0) is 24.3 Å². The van der Waals surface area contributed by atoms with Crippen LogP contribution in [0.25, 0.3) is 0 Å². The van der Waals surface area contributed by atoms with E-state index in [0.29, 0.717) is 19.5 Å². The zero-order valence-electron chi connectivity index (χ0n) is 11.6. The van der Waals surface area contributed by atoms with Gasteiger partial charge in [0, 0.05) is 17.8 Å². The lowest BCUT2D eigenvalue weighted by molar-refractivity contribution is -0.140. The van der Waals surface area contributed by atoms with E-state index in [-0.39, 0.29) is 11.8 Å². The number of nitrogens with zero attached hydrogens (tertiary/aromatic N) is 1. The van der Waals surface area contributed by atoms with Crippen LogP contribution in [0, 0.1) is 0 Å². The molecule has 0 radical (unpaired) electrons. The molecule has 0 bridgehead atoms. The predicted molar refractivity (Wildman–Crippen MR) is 78.3 cm³/mol. The normalized spacial score (nSPS) is 22.7. The molecule has 1 saturated carbocycles. The first-order valence-electron chi connectivity index (χ1n) is 7.32. The number of rotatable bonds is 2. The van der Waals surface area contributed by atoms with Crippen LogP contribution < -0.4 is 5.32 Å². The zero-order valence-corrected chi connectivity index (χ0v) is 12.4. The van der Waals surface area contributed by atoms with Crippen LogP contribution in [0.1, 0.15) is 43.4 Å². The van der Waals surface area contributed by atoms with Crippen molar-refractivity contribution in [1.29, 1.82) is 0 Å². The van der Waals surface area contributed by atoms with Crippen LogP contribution in [0.5, 0.6) is 0 Å². The van der Waals surface area contributed by atoms with E-state index in [2.05, 4.69) is 5.32 Å². The Morgan fingerprint density at radius 2 is 2.05 bits per heavy atom. The van der Waals surface area contributed by atoms with Crippen LogP contribution in [0.3, 0.4) is 0 Å². The van der Waals surface area contributed by atoms with Crippen molar-refractivity contribution in [1.82, 2.24) is 10.2 Å². The summed E-state index contributed by atoms with van der Waals surface area (Å²) in [6.45, 7) is 1.16. The Bertz CT molecular complexity index is 492. The molecular weight excluding hydrogens is 272 g/mol. The zero-order chi connectivity index (χ0) is 14.0. The molecule has 2 aliphatic rings. The largest absolute Gasteiger partial charge is 0.342 e. The standard InChI is InChI=1S/C15H20N2O2S/c18-13-6-9-17(11-12-5-4-10-20-12)14(19)15(16-13)7-2-1-3-8-15/h4-5,10H,1-3,6-9,11H2,(H,16,18). The van der Waals surface area contributed by atoms with E-state index in [9.17, 15) is 9.59 Å². The summed E-state index contributed by atoms with van der Waals surface area (Å²) in [5, 5.41) is 5.05. The van der Waals surface area contributed by atoms with Crippen LogP contribution in [-0.4, -0.2) is 28.8 Å². The summed E-state index contributed by atoms with van der Waals surface area (Å²) in [4.78, 5) is 27.9. The summed E-state index contributed by atoms with van der Waals surface area (Å²) in [5.41, 5.74) is -0.622. The van der Waals surface area contributed by atoms with E-state index in [1.165, 1.54) is 4.88 Å². The first-order chi connectivity index (χ1) is 9.70. The molecule has 1 N–H and O–H groups in total. The second kappa shape index (κ2) is 5.56. The Balaban J connectivity index is 1.83. The Kier molecular flexibility index (Phi) is 3.78. The first kappa shape index (κ1) is 13.6. The highest BCUT2D eigenvalue weighted by Crippen LogP contribution is 2.32. The molecule has 108 valence electrons. The van der Waals surface area contributed by atoms with Crippen LogP contribution in [0.2, 0.25) is 0 Å². The van der Waals surface area contributed by atoms with Gasteiger partial charge >= 0.3 is 0 Å². The van der Waals surface area contributed by atoms with Crippen molar-refractivity contribution in [3.63, 3.8) is 0 Å². The summed E-state index contributed by atoms with van der Waals surface area (Å²) >= 11 is 1.66. The minimum absolute atomic E-state index is 0.0222. The third-order valence-corrected chi connectivity index (χ3v) is 5.18. The summed E-state index contributed by atoms with van der Waals surface area (Å²) in [6.07, 6.45) is 5.21. The molecule has 2 amide bonds. The second-order valence-electron chi connectivity index (χ2n) is 5.75. The van der Waals surface area contributed by atoms with Crippen molar-refractivity contribution in [2.24, 2.45) is 0 Å². The molecule has 1 spiro atoms. The molecule has 3 rings (SSSR count). The molecule has 1 aliphatic heterocycles. The van der Waals surface area contributed by atoms with Crippen molar-refractivity contribution in [2.75, 3.05) is 6.54 Å². The Hall–Kier alpha value is -1.36. The Labute approximate surface area is 123 Å². The van der Waals surface area contributed by atoms with E-state index >= 15 is 0 Å². The van der Waals surface area contributed by atoms with Crippen LogP contribution in [0.15, 0.2) is 17.5 Å². The molecule has 2 heterocycles. The van der Waals surface area contributed by atoms with Gasteiger partial charge in [0.2, 0.25) is 11.8 Å². The first-order valence-corrected chi connectivity index (χ1v) is 8.20. The minimum Gasteiger partial charge on any atom is -0.342 e. The van der Waals surface area contributed by atoms with Gasteiger partial charge in [0.05, 0.1) is 6.54 Å². The molecule has 1 saturated heterocycles. The number of nitrogens with one attached hydrogen (secondary N) is 1. The maximum absolute atomic E-state index is 12.9. The fourth-order valence-electron chi connectivity index (χ4n) is 3.26. The van der Waals surface area contributed by atoms with Crippen LogP contribution in [-0.2, 0) is 16.1 Å². The lowest BCUT2D eigenvalue weighted by Gasteiger charge is -2.38. The molecule has 1 aromatic heterocycles. The summed E-state index contributed by atoms with van der Waals surface area (Å²) in [6, 6.07) is 4.05. The predicted octanol–water partition coefficient (Wildman–Crippen LogP) is 2.30. The van der Waals surface area contributed by atoms with E-state index in [0.717, 1.165) is 32.1 Å². The van der Waals surface area contributed by atoms with Crippen molar-refractivity contribution in [3.05, 3.63) is 22.4 Å². The van der Waals surface area contributed by atoms with E-state index in [1.54, 1.807) is 11.3 Å². The van der Waals surface area contributed by atoms with Crippen LogP contribution >= 0.6 is 11.3 Å². The fraction of sp³-hybridized carbons (Fsp3) is 0.600. The molecular formula is C15H20N2O2S. The van der Waals surface area contributed by atoms with E-state index in [1.807, 2.05) is 22.4 Å². The summed E-state index contributed by atoms with van der Waals surface area (Å²) in [5.74, 6) is 0.144. The molecule has 0 aromatic carbocycles. The quantitative estimate of drug-likeness (QED) is 0.909. The van der Waals surface area contributed by atoms with Gasteiger partial charge < -0.3 is 10.2 Å². The number of amides is 2. The van der Waals surface area contributed by atoms with E-state index in [4.69, 9.17) is 0 Å². The molecule has 0 unspecified atom stereocenters. The molecule has 20 heavy (non-hydrogen) atoms. The molecule has 4 nitrogen and oxygen atoms in total. The maximum Gasteiger partial charge on any atom is 0.248 e. The topological polar surface area (TPSA) is 49.4 Å². The SMILES string of the molecule is O=C1CCN(Cc2cccs2)C(=O)C2(CCCCC2)N1. The highest BCUT2D eigenvalue weighted by Gasteiger charge is 2.44. The lowest BCUT2D eigenvalue weighted by atomic mass is 9.80. The Morgan fingerprint density at radius 1 is 1.25 bits per heavy atom. The van der Waals surface area contributed by atoms with Gasteiger partial charge in [0.15, 0.2) is 0 Å². The lowest BCUT2D eigenvalue weighted by Crippen LogP contribution is -2.57. The number of carbonyl (C=O) groups excluding carboxylic acids is 2. The van der Waals surface area contributed by atoms with Gasteiger partial charge in [-0.3, -0.25) is 9.59 Å². The summed E-state index contributed by atoms with van der Waals surface area (Å²) in [7, 11) is 0. The van der Waals surface area contributed by atoms with Crippen molar-refractivity contribution < 1.29 is 9.59 Å². The van der Waals surface area contributed by atoms with Crippen molar-refractivity contribution in [3.8, 4) is 0 Å². The number of hydrogen-bond acceptors (Lipinski definition) is 3. The number of thiophene rings is 1. The molecule has 1 aliphatic carbocycles. The third-order valence-electron chi connectivity index (χ3n) is 4.32. The minimum atomic E-state index is -0.622. The van der Waals surface area contributed by atoms with Gasteiger partial charge in [-0.15, -0.1) is 11.3 Å². The third kappa shape index (κ3) is 2.59. The second-order valence-corrected chi connectivity index (χ2v) is 6.78. The van der Waals surface area contributed by atoms with Gasteiger partial charge in [-0.1, -0.05) is 25.3 Å². The molecule has 0 atom stereocenters. The number of hydrogen-bond donors (Lipinski definition) is 1. The smallest absolute Gasteiger partial charge is 0.248 e. The van der Waals surface area contributed by atoms with E-state index < -0.39 is 5.54 Å². The summed E-state index contributed by atoms with van der Waals surface area (Å²) < 4.78 is 0. The van der Waals surface area contributed by atoms with Gasteiger partial charge in [0.1, 0.15) is 5.54 Å². The van der Waals surface area contributed by atoms with Gasteiger partial charge in [0.25, 0.3) is 0 Å². The highest BCUT2D eigenvalue weighted by molar-refractivity contribution is 7.09. The maximum atomic E-state index is 12.9. The van der Waals surface area contributed by atoms with Crippen molar-refractivity contribution >= 4 is 23.2 Å². The van der Waals surface area contributed by atoms with Gasteiger partial charge in [-0.2, -0.15) is 0 Å².